The zero-order valence-corrected chi connectivity index (χ0v) is 12.7. The number of halogens is 1. The second-order valence-electron chi connectivity index (χ2n) is 4.60. The summed E-state index contributed by atoms with van der Waals surface area (Å²) in [4.78, 5) is 4.12. The van der Waals surface area contributed by atoms with Crippen LogP contribution in [-0.4, -0.2) is 25.7 Å². The minimum atomic E-state index is -3.28. The summed E-state index contributed by atoms with van der Waals surface area (Å²) in [5.41, 5.74) is 0. The highest BCUT2D eigenvalue weighted by Crippen LogP contribution is 2.28. The van der Waals surface area contributed by atoms with Crippen LogP contribution >= 0.6 is 15.9 Å². The maximum Gasteiger partial charge on any atom is 0.238 e. The smallest absolute Gasteiger partial charge is 0.238 e. The maximum absolute atomic E-state index is 12.5. The van der Waals surface area contributed by atoms with Crippen molar-refractivity contribution >= 4 is 31.8 Å². The highest BCUT2D eigenvalue weighted by atomic mass is 79.9. The number of rotatable bonds is 3. The highest BCUT2D eigenvalue weighted by Gasteiger charge is 2.31. The molecule has 0 N–H and O–H groups in total. The van der Waals surface area contributed by atoms with Gasteiger partial charge in [0.1, 0.15) is 5.82 Å². The number of pyridine rings is 1. The molecule has 0 radical (unpaired) electrons. The first-order chi connectivity index (χ1) is 8.51. The third-order valence-corrected chi connectivity index (χ3v) is 6.14. The van der Waals surface area contributed by atoms with Crippen molar-refractivity contribution in [3.8, 4) is 0 Å². The minimum Gasteiger partial charge on any atom is -0.257 e. The van der Waals surface area contributed by atoms with Gasteiger partial charge in [-0.25, -0.2) is 13.4 Å². The second kappa shape index (κ2) is 5.57. The Morgan fingerprint density at radius 2 is 2.00 bits per heavy atom. The Morgan fingerprint density at radius 1 is 1.33 bits per heavy atom. The van der Waals surface area contributed by atoms with E-state index < -0.39 is 10.0 Å². The van der Waals surface area contributed by atoms with Crippen molar-refractivity contribution in [1.29, 1.82) is 0 Å². The van der Waals surface area contributed by atoms with Crippen LogP contribution in [0, 0.1) is 0 Å². The summed E-state index contributed by atoms with van der Waals surface area (Å²) < 4.78 is 27.1. The molecule has 1 heterocycles. The molecule has 1 aromatic rings. The number of sulfonamides is 1. The van der Waals surface area contributed by atoms with Crippen LogP contribution in [0.2, 0.25) is 0 Å². The molecule has 0 unspecified atom stereocenters. The van der Waals surface area contributed by atoms with E-state index in [9.17, 15) is 8.42 Å². The lowest BCUT2D eigenvalue weighted by molar-refractivity contribution is 0.483. The number of hydrogen-bond donors (Lipinski definition) is 0. The topological polar surface area (TPSA) is 50.3 Å². The molecule has 18 heavy (non-hydrogen) atoms. The quantitative estimate of drug-likeness (QED) is 0.855. The molecule has 0 saturated heterocycles. The number of anilines is 1. The van der Waals surface area contributed by atoms with Crippen molar-refractivity contribution in [2.24, 2.45) is 0 Å². The van der Waals surface area contributed by atoms with Crippen molar-refractivity contribution in [2.75, 3.05) is 11.4 Å². The van der Waals surface area contributed by atoms with Gasteiger partial charge in [0, 0.05) is 17.7 Å². The van der Waals surface area contributed by atoms with Gasteiger partial charge < -0.3 is 0 Å². The summed E-state index contributed by atoms with van der Waals surface area (Å²) in [6.45, 7) is 0. The first-order valence-corrected chi connectivity index (χ1v) is 8.41. The molecule has 0 bridgehead atoms. The fourth-order valence-corrected chi connectivity index (χ4v) is 4.34. The van der Waals surface area contributed by atoms with Crippen LogP contribution < -0.4 is 4.31 Å². The van der Waals surface area contributed by atoms with Crippen molar-refractivity contribution in [3.63, 3.8) is 0 Å². The van der Waals surface area contributed by atoms with Crippen LogP contribution in [0.4, 0.5) is 5.82 Å². The normalized spacial score (nSPS) is 17.7. The average Bonchev–Trinajstić information content (AvgIpc) is 2.39. The molecule has 1 saturated carbocycles. The molecule has 6 heteroatoms. The Labute approximate surface area is 117 Å². The van der Waals surface area contributed by atoms with E-state index in [4.69, 9.17) is 0 Å². The standard InChI is InChI=1S/C12H17BrN2O2S/c1-15(12-9-10(13)7-8-14-12)18(16,17)11-5-3-2-4-6-11/h7-9,11H,2-6H2,1H3. The predicted molar refractivity (Wildman–Crippen MR) is 76.1 cm³/mol. The van der Waals surface area contributed by atoms with Crippen LogP contribution in [0.5, 0.6) is 0 Å². The monoisotopic (exact) mass is 332 g/mol. The molecular formula is C12H17BrN2O2S. The molecule has 0 aliphatic heterocycles. The van der Waals surface area contributed by atoms with Crippen molar-refractivity contribution in [2.45, 2.75) is 37.4 Å². The second-order valence-corrected chi connectivity index (χ2v) is 7.76. The first-order valence-electron chi connectivity index (χ1n) is 6.11. The molecule has 1 fully saturated rings. The molecule has 0 amide bonds. The molecule has 1 aromatic heterocycles. The zero-order valence-electron chi connectivity index (χ0n) is 10.3. The SMILES string of the molecule is CN(c1cc(Br)ccn1)S(=O)(=O)C1CCCCC1. The van der Waals surface area contributed by atoms with Crippen LogP contribution in [0.15, 0.2) is 22.8 Å². The van der Waals surface area contributed by atoms with Crippen molar-refractivity contribution in [3.05, 3.63) is 22.8 Å². The third-order valence-electron chi connectivity index (χ3n) is 3.39. The lowest BCUT2D eigenvalue weighted by atomic mass is 10.0. The van der Waals surface area contributed by atoms with E-state index in [1.807, 2.05) is 0 Å². The molecule has 0 aromatic carbocycles. The van der Waals surface area contributed by atoms with E-state index >= 15 is 0 Å². The molecule has 100 valence electrons. The van der Waals surface area contributed by atoms with Gasteiger partial charge in [0.15, 0.2) is 0 Å². The highest BCUT2D eigenvalue weighted by molar-refractivity contribution is 9.10. The summed E-state index contributed by atoms with van der Waals surface area (Å²) in [7, 11) is -1.70. The fourth-order valence-electron chi connectivity index (χ4n) is 2.28. The summed E-state index contributed by atoms with van der Waals surface area (Å²) in [5.74, 6) is 0.468. The minimum absolute atomic E-state index is 0.253. The van der Waals surface area contributed by atoms with Crippen LogP contribution in [0.1, 0.15) is 32.1 Å². The summed E-state index contributed by atoms with van der Waals surface area (Å²) in [6.07, 6.45) is 6.28. The van der Waals surface area contributed by atoms with Crippen LogP contribution in [-0.2, 0) is 10.0 Å². The third kappa shape index (κ3) is 2.85. The zero-order chi connectivity index (χ0) is 13.2. The summed E-state index contributed by atoms with van der Waals surface area (Å²) in [5, 5.41) is -0.253. The average molecular weight is 333 g/mol. The lowest BCUT2D eigenvalue weighted by Crippen LogP contribution is -2.37. The first kappa shape index (κ1) is 13.8. The van der Waals surface area contributed by atoms with E-state index in [1.165, 1.54) is 4.31 Å². The van der Waals surface area contributed by atoms with Crippen LogP contribution in [0.25, 0.3) is 0 Å². The molecule has 4 nitrogen and oxygen atoms in total. The van der Waals surface area contributed by atoms with Crippen molar-refractivity contribution < 1.29 is 8.42 Å². The molecule has 0 atom stereocenters. The Kier molecular flexibility index (Phi) is 4.27. The van der Waals surface area contributed by atoms with Gasteiger partial charge in [0.05, 0.1) is 5.25 Å². The van der Waals surface area contributed by atoms with Gasteiger partial charge in [-0.05, 0) is 25.0 Å². The van der Waals surface area contributed by atoms with Gasteiger partial charge in [-0.3, -0.25) is 4.31 Å². The number of hydrogen-bond acceptors (Lipinski definition) is 3. The largest absolute Gasteiger partial charge is 0.257 e. The Bertz CT molecular complexity index is 513. The van der Waals surface area contributed by atoms with E-state index in [1.54, 1.807) is 25.4 Å². The Hall–Kier alpha value is -0.620. The van der Waals surface area contributed by atoms with Crippen molar-refractivity contribution in [1.82, 2.24) is 4.98 Å². The molecular weight excluding hydrogens is 316 g/mol. The predicted octanol–water partition coefficient (Wildman–Crippen LogP) is 2.94. The Balaban J connectivity index is 2.23. The molecule has 1 aliphatic rings. The summed E-state index contributed by atoms with van der Waals surface area (Å²) in [6, 6.07) is 3.50. The van der Waals surface area contributed by atoms with Gasteiger partial charge in [0.25, 0.3) is 0 Å². The molecule has 2 rings (SSSR count). The van der Waals surface area contributed by atoms with E-state index in [0.29, 0.717) is 5.82 Å². The Morgan fingerprint density at radius 3 is 2.61 bits per heavy atom. The molecule has 0 spiro atoms. The van der Waals surface area contributed by atoms with Gasteiger partial charge >= 0.3 is 0 Å². The van der Waals surface area contributed by atoms with E-state index in [2.05, 4.69) is 20.9 Å². The summed E-state index contributed by atoms with van der Waals surface area (Å²) >= 11 is 3.33. The van der Waals surface area contributed by atoms with E-state index in [0.717, 1.165) is 36.6 Å². The van der Waals surface area contributed by atoms with Gasteiger partial charge in [-0.2, -0.15) is 0 Å². The van der Waals surface area contributed by atoms with Gasteiger partial charge in [-0.15, -0.1) is 0 Å². The van der Waals surface area contributed by atoms with E-state index in [-0.39, 0.29) is 5.25 Å². The lowest BCUT2D eigenvalue weighted by Gasteiger charge is -2.27. The van der Waals surface area contributed by atoms with Gasteiger partial charge in [-0.1, -0.05) is 35.2 Å². The maximum atomic E-state index is 12.5. The number of aromatic nitrogens is 1. The van der Waals surface area contributed by atoms with Gasteiger partial charge in [0.2, 0.25) is 10.0 Å². The number of nitrogens with zero attached hydrogens (tertiary/aromatic N) is 2. The van der Waals surface area contributed by atoms with Crippen LogP contribution in [0.3, 0.4) is 0 Å². The molecule has 1 aliphatic carbocycles. The fraction of sp³-hybridized carbons (Fsp3) is 0.583.